The summed E-state index contributed by atoms with van der Waals surface area (Å²) in [6.07, 6.45) is 1.89. The molecule has 0 aliphatic heterocycles. The van der Waals surface area contributed by atoms with Gasteiger partial charge in [0, 0.05) is 29.4 Å². The van der Waals surface area contributed by atoms with Crippen LogP contribution in [0.5, 0.6) is 0 Å². The summed E-state index contributed by atoms with van der Waals surface area (Å²) in [4.78, 5) is 24.8. The number of rotatable bonds is 6. The molecule has 0 aliphatic rings. The number of nitrogens with zero attached hydrogens (tertiary/aromatic N) is 5. The van der Waals surface area contributed by atoms with Gasteiger partial charge in [-0.1, -0.05) is 60.7 Å². The van der Waals surface area contributed by atoms with Crippen LogP contribution in [-0.2, 0) is 0 Å². The standard InChI is InChI=1S/C15H15BrN4.C15H16N4.BHNS/c1-9(2)17-14-11-8-12(16)18-15(11)20-13(19-14)10-6-4-3-5-7-10;1-10(2)17-15-12-8-9-16-14(12)18-13(19-15)11-6-4-3-5-7-11;1-2-3/h3-9H,1-2H3,(H2,17,18,19,20);3-10H,1-2H3,(H2,16,17,18,19);3H. The quantitative estimate of drug-likeness (QED) is 0.0935. The molecule has 6 rings (SSSR count). The molecule has 42 heavy (non-hydrogen) atoms. The van der Waals surface area contributed by atoms with Gasteiger partial charge in [-0.05, 0) is 55.8 Å². The Bertz CT molecular complexity index is 1740. The predicted molar refractivity (Wildman–Crippen MR) is 181 cm³/mol. The molecule has 0 saturated carbocycles. The number of H-pyrrole nitrogens is 2. The van der Waals surface area contributed by atoms with Crippen molar-refractivity contribution in [2.45, 2.75) is 39.8 Å². The molecule has 1 radical (unpaired) electrons. The number of aromatic amines is 2. The summed E-state index contributed by atoms with van der Waals surface area (Å²) >= 11 is 6.65. The minimum absolute atomic E-state index is 0.311. The van der Waals surface area contributed by atoms with E-state index in [0.29, 0.717) is 12.1 Å². The molecule has 213 valence electrons. The van der Waals surface area contributed by atoms with Crippen LogP contribution in [0.1, 0.15) is 27.7 Å². The second-order valence-electron chi connectivity index (χ2n) is 9.86. The van der Waals surface area contributed by atoms with Gasteiger partial charge in [0.15, 0.2) is 11.6 Å². The van der Waals surface area contributed by atoms with Gasteiger partial charge in [0.1, 0.15) is 22.9 Å². The van der Waals surface area contributed by atoms with E-state index in [2.05, 4.69) is 109 Å². The zero-order chi connectivity index (χ0) is 30.1. The van der Waals surface area contributed by atoms with Crippen molar-refractivity contribution < 1.29 is 0 Å². The third-order valence-corrected chi connectivity index (χ3v) is 6.21. The van der Waals surface area contributed by atoms with Crippen molar-refractivity contribution in [2.24, 2.45) is 4.30 Å². The number of nitrogens with one attached hydrogen (secondary N) is 4. The number of fused-ring (bicyclic) bond motifs is 2. The number of thiol groups is 1. The zero-order valence-corrected chi connectivity index (χ0v) is 26.3. The fraction of sp³-hybridized carbons (Fsp3) is 0.200. The van der Waals surface area contributed by atoms with Crippen LogP contribution in [0, 0.1) is 0 Å². The van der Waals surface area contributed by atoms with Crippen molar-refractivity contribution in [3.63, 3.8) is 0 Å². The topological polar surface area (TPSA) is 120 Å². The van der Waals surface area contributed by atoms with Crippen LogP contribution in [0.3, 0.4) is 0 Å². The number of hydrogen-bond donors (Lipinski definition) is 5. The molecular formula is C30H32BBrN9S. The molecule has 9 nitrogen and oxygen atoms in total. The minimum atomic E-state index is 0.311. The molecule has 0 saturated heterocycles. The van der Waals surface area contributed by atoms with E-state index in [9.17, 15) is 0 Å². The molecule has 2 aromatic carbocycles. The van der Waals surface area contributed by atoms with E-state index < -0.39 is 0 Å². The maximum atomic E-state index is 4.66. The summed E-state index contributed by atoms with van der Waals surface area (Å²) in [5, 5.41) is 8.76. The number of halogens is 1. The fourth-order valence-electron chi connectivity index (χ4n) is 4.12. The SMILES string of the molecule is CC(C)Nc1nc(-c2ccccc2)nc2[nH]c(Br)cc12.CC(C)Nc1nc(-c2ccccc2)nc2[nH]ccc12.[B]=NS. The molecule has 0 amide bonds. The van der Waals surface area contributed by atoms with Crippen molar-refractivity contribution in [3.05, 3.63) is 83.6 Å². The molecule has 0 bridgehead atoms. The first-order chi connectivity index (χ1) is 20.3. The van der Waals surface area contributed by atoms with Crippen LogP contribution < -0.4 is 10.6 Å². The van der Waals surface area contributed by atoms with Crippen LogP contribution in [-0.4, -0.2) is 49.6 Å². The molecular weight excluding hydrogens is 609 g/mol. The monoisotopic (exact) mass is 640 g/mol. The Morgan fingerprint density at radius 3 is 1.71 bits per heavy atom. The summed E-state index contributed by atoms with van der Waals surface area (Å²) in [6, 6.07) is 24.6. The van der Waals surface area contributed by atoms with Crippen molar-refractivity contribution in [2.75, 3.05) is 10.6 Å². The van der Waals surface area contributed by atoms with Gasteiger partial charge in [0.25, 0.3) is 0 Å². The summed E-state index contributed by atoms with van der Waals surface area (Å²) in [5.41, 5.74) is 3.71. The van der Waals surface area contributed by atoms with Crippen LogP contribution in [0.25, 0.3) is 44.8 Å². The summed E-state index contributed by atoms with van der Waals surface area (Å²) in [5.74, 6) is 3.18. The molecule has 4 N–H and O–H groups in total. The molecule has 4 aromatic heterocycles. The van der Waals surface area contributed by atoms with Crippen LogP contribution >= 0.6 is 28.7 Å². The Morgan fingerprint density at radius 2 is 1.21 bits per heavy atom. The Balaban J connectivity index is 0.000000177. The molecule has 6 aromatic rings. The van der Waals surface area contributed by atoms with E-state index in [0.717, 1.165) is 61.1 Å². The Kier molecular flexibility index (Phi) is 10.9. The zero-order valence-electron chi connectivity index (χ0n) is 23.8. The predicted octanol–water partition coefficient (Wildman–Crippen LogP) is 7.84. The molecule has 0 unspecified atom stereocenters. The molecule has 0 aliphatic carbocycles. The van der Waals surface area contributed by atoms with Crippen molar-refractivity contribution in [3.8, 4) is 22.8 Å². The van der Waals surface area contributed by atoms with Gasteiger partial charge in [0.05, 0.1) is 15.4 Å². The van der Waals surface area contributed by atoms with E-state index in [1.807, 2.05) is 79.0 Å². The fourth-order valence-corrected chi connectivity index (χ4v) is 4.53. The van der Waals surface area contributed by atoms with Gasteiger partial charge in [-0.2, -0.15) is 0 Å². The molecule has 4 heterocycles. The number of hydrogen-bond acceptors (Lipinski definition) is 8. The van der Waals surface area contributed by atoms with Gasteiger partial charge in [-0.3, -0.25) is 0 Å². The van der Waals surface area contributed by atoms with Gasteiger partial charge < -0.3 is 20.6 Å². The molecule has 12 heteroatoms. The Labute approximate surface area is 260 Å². The average molecular weight is 641 g/mol. The molecule has 0 atom stereocenters. The van der Waals surface area contributed by atoms with E-state index in [1.165, 1.54) is 0 Å². The van der Waals surface area contributed by atoms with Gasteiger partial charge in [-0.25, -0.2) is 19.9 Å². The van der Waals surface area contributed by atoms with Crippen LogP contribution in [0.2, 0.25) is 0 Å². The van der Waals surface area contributed by atoms with Crippen molar-refractivity contribution >= 4 is 70.1 Å². The maximum absolute atomic E-state index is 4.66. The normalized spacial score (nSPS) is 10.6. The second kappa shape index (κ2) is 14.7. The van der Waals surface area contributed by atoms with E-state index in [-0.39, 0.29) is 0 Å². The molecule has 0 fully saturated rings. The van der Waals surface area contributed by atoms with E-state index in [4.69, 9.17) is 0 Å². The summed E-state index contributed by atoms with van der Waals surface area (Å²) in [7, 11) is 4.34. The van der Waals surface area contributed by atoms with Crippen LogP contribution in [0.15, 0.2) is 87.9 Å². The van der Waals surface area contributed by atoms with Crippen molar-refractivity contribution in [1.82, 2.24) is 29.9 Å². The van der Waals surface area contributed by atoms with Crippen molar-refractivity contribution in [1.29, 1.82) is 0 Å². The van der Waals surface area contributed by atoms with Gasteiger partial charge >= 0.3 is 24.8 Å². The number of anilines is 2. The third kappa shape index (κ3) is 8.04. The van der Waals surface area contributed by atoms with E-state index in [1.54, 1.807) is 0 Å². The van der Waals surface area contributed by atoms with Gasteiger partial charge in [-0.15, -0.1) is 0 Å². The first-order valence-electron chi connectivity index (χ1n) is 13.4. The van der Waals surface area contributed by atoms with Gasteiger partial charge in [0.2, 0.25) is 0 Å². The third-order valence-electron chi connectivity index (χ3n) is 5.78. The first-order valence-corrected chi connectivity index (χ1v) is 14.6. The first kappa shape index (κ1) is 30.9. The number of aromatic nitrogens is 6. The number of benzene rings is 2. The summed E-state index contributed by atoms with van der Waals surface area (Å²) in [6.45, 7) is 8.39. The Hall–Kier alpha value is -4.03. The Morgan fingerprint density at radius 1 is 0.738 bits per heavy atom. The average Bonchev–Trinajstić information content (AvgIpc) is 3.60. The van der Waals surface area contributed by atoms with Crippen LogP contribution in [0.4, 0.5) is 11.6 Å². The summed E-state index contributed by atoms with van der Waals surface area (Å²) < 4.78 is 3.60. The second-order valence-corrected chi connectivity index (χ2v) is 10.9. The van der Waals surface area contributed by atoms with E-state index >= 15 is 0 Å². The molecule has 0 spiro atoms.